The molecular weight excluding hydrogens is 312 g/mol. The fourth-order valence-corrected chi connectivity index (χ4v) is 4.60. The van der Waals surface area contributed by atoms with Crippen molar-refractivity contribution in [3.05, 3.63) is 35.7 Å². The lowest BCUT2D eigenvalue weighted by molar-refractivity contribution is -0.0219. The van der Waals surface area contributed by atoms with Crippen LogP contribution in [0, 0.1) is 12.3 Å². The van der Waals surface area contributed by atoms with Crippen molar-refractivity contribution in [2.45, 2.75) is 58.0 Å². The number of rotatable bonds is 5. The van der Waals surface area contributed by atoms with Crippen LogP contribution in [0.3, 0.4) is 0 Å². The first-order chi connectivity index (χ1) is 12.2. The molecule has 1 saturated carbocycles. The van der Waals surface area contributed by atoms with Crippen LogP contribution in [0.5, 0.6) is 0 Å². The molecule has 5 heteroatoms. The third kappa shape index (κ3) is 3.11. The van der Waals surface area contributed by atoms with Crippen LogP contribution in [0.4, 0.5) is 0 Å². The van der Waals surface area contributed by atoms with Crippen molar-refractivity contribution >= 4 is 0 Å². The van der Waals surface area contributed by atoms with Crippen molar-refractivity contribution in [2.75, 3.05) is 13.1 Å². The van der Waals surface area contributed by atoms with Gasteiger partial charge < -0.3 is 10.3 Å². The van der Waals surface area contributed by atoms with E-state index >= 15 is 0 Å². The Morgan fingerprint density at radius 2 is 2.08 bits per heavy atom. The van der Waals surface area contributed by atoms with Crippen LogP contribution in [-0.2, 0) is 6.54 Å². The van der Waals surface area contributed by atoms with E-state index in [0.717, 1.165) is 36.6 Å². The first-order valence-electron chi connectivity index (χ1n) is 9.54. The summed E-state index contributed by atoms with van der Waals surface area (Å²) in [5.74, 6) is 1.41. The van der Waals surface area contributed by atoms with E-state index in [2.05, 4.69) is 28.0 Å². The highest BCUT2D eigenvalue weighted by Gasteiger charge is 2.46. The van der Waals surface area contributed by atoms with Gasteiger partial charge in [0.25, 0.3) is 5.89 Å². The van der Waals surface area contributed by atoms with E-state index in [1.54, 1.807) is 0 Å². The van der Waals surface area contributed by atoms with E-state index in [9.17, 15) is 0 Å². The van der Waals surface area contributed by atoms with Crippen LogP contribution in [0.15, 0.2) is 28.8 Å². The zero-order valence-electron chi connectivity index (χ0n) is 15.1. The van der Waals surface area contributed by atoms with E-state index in [1.165, 1.54) is 38.5 Å². The summed E-state index contributed by atoms with van der Waals surface area (Å²) < 4.78 is 5.55. The largest absolute Gasteiger partial charge is 0.334 e. The molecule has 1 aliphatic heterocycles. The number of hydrogen-bond donors (Lipinski definition) is 1. The second kappa shape index (κ2) is 6.89. The maximum absolute atomic E-state index is 6.18. The molecule has 2 fully saturated rings. The SMILES string of the molecule is Cc1ccccc1-c1nc(CN2CCCCC2C2(CN)CCC2)no1. The molecule has 2 N–H and O–H groups in total. The van der Waals surface area contributed by atoms with Crippen LogP contribution in [0.1, 0.15) is 49.9 Å². The minimum atomic E-state index is 0.322. The molecule has 1 saturated heterocycles. The molecule has 1 aromatic carbocycles. The zero-order chi connectivity index (χ0) is 17.3. The molecule has 1 atom stereocenters. The maximum atomic E-state index is 6.18. The van der Waals surface area contributed by atoms with Crippen molar-refractivity contribution in [1.82, 2.24) is 15.0 Å². The minimum Gasteiger partial charge on any atom is -0.334 e. The van der Waals surface area contributed by atoms with Gasteiger partial charge in [0.05, 0.1) is 6.54 Å². The van der Waals surface area contributed by atoms with Crippen molar-refractivity contribution in [1.29, 1.82) is 0 Å². The average Bonchev–Trinajstić information content (AvgIpc) is 3.04. The smallest absolute Gasteiger partial charge is 0.258 e. The second-order valence-corrected chi connectivity index (χ2v) is 7.73. The van der Waals surface area contributed by atoms with Gasteiger partial charge in [-0.05, 0) is 62.7 Å². The monoisotopic (exact) mass is 340 g/mol. The molecule has 1 aromatic heterocycles. The van der Waals surface area contributed by atoms with E-state index in [-0.39, 0.29) is 0 Å². The highest BCUT2D eigenvalue weighted by Crippen LogP contribution is 2.47. The number of likely N-dealkylation sites (tertiary alicyclic amines) is 1. The highest BCUT2D eigenvalue weighted by atomic mass is 16.5. The second-order valence-electron chi connectivity index (χ2n) is 7.73. The molecule has 1 aliphatic carbocycles. The fraction of sp³-hybridized carbons (Fsp3) is 0.600. The summed E-state index contributed by atoms with van der Waals surface area (Å²) in [6.07, 6.45) is 7.67. The molecular formula is C20H28N4O. The Morgan fingerprint density at radius 3 is 2.80 bits per heavy atom. The van der Waals surface area contributed by atoms with Crippen molar-refractivity contribution in [3.8, 4) is 11.5 Å². The summed E-state index contributed by atoms with van der Waals surface area (Å²) in [6, 6.07) is 8.71. The summed E-state index contributed by atoms with van der Waals surface area (Å²) in [7, 11) is 0. The van der Waals surface area contributed by atoms with Crippen LogP contribution >= 0.6 is 0 Å². The summed E-state index contributed by atoms with van der Waals surface area (Å²) in [6.45, 7) is 4.75. The molecule has 1 unspecified atom stereocenters. The van der Waals surface area contributed by atoms with Gasteiger partial charge in [0.15, 0.2) is 5.82 Å². The molecule has 0 radical (unpaired) electrons. The summed E-state index contributed by atoms with van der Waals surface area (Å²) >= 11 is 0. The van der Waals surface area contributed by atoms with Crippen molar-refractivity contribution in [3.63, 3.8) is 0 Å². The Bertz CT molecular complexity index is 716. The first-order valence-corrected chi connectivity index (χ1v) is 9.54. The average molecular weight is 340 g/mol. The normalized spacial score (nSPS) is 23.4. The van der Waals surface area contributed by atoms with Crippen molar-refractivity contribution in [2.24, 2.45) is 11.1 Å². The topological polar surface area (TPSA) is 68.2 Å². The van der Waals surface area contributed by atoms with Gasteiger partial charge in [0.1, 0.15) is 0 Å². The van der Waals surface area contributed by atoms with Gasteiger partial charge in [-0.2, -0.15) is 4.98 Å². The van der Waals surface area contributed by atoms with E-state index in [1.807, 2.05) is 18.2 Å². The third-order valence-corrected chi connectivity index (χ3v) is 6.26. The number of hydrogen-bond acceptors (Lipinski definition) is 5. The minimum absolute atomic E-state index is 0.322. The lowest BCUT2D eigenvalue weighted by Gasteiger charge is -2.53. The number of piperidine rings is 1. The lowest BCUT2D eigenvalue weighted by Crippen LogP contribution is -2.56. The number of nitrogens with two attached hydrogens (primary N) is 1. The number of aromatic nitrogens is 2. The Labute approximate surface area is 149 Å². The van der Waals surface area contributed by atoms with Gasteiger partial charge >= 0.3 is 0 Å². The Morgan fingerprint density at radius 1 is 1.24 bits per heavy atom. The highest BCUT2D eigenvalue weighted by molar-refractivity contribution is 5.57. The predicted octanol–water partition coefficient (Wildman–Crippen LogP) is 3.53. The van der Waals surface area contributed by atoms with Crippen LogP contribution in [0.25, 0.3) is 11.5 Å². The van der Waals surface area contributed by atoms with Gasteiger partial charge in [0.2, 0.25) is 0 Å². The fourth-order valence-electron chi connectivity index (χ4n) is 4.60. The number of benzene rings is 1. The standard InChI is InChI=1S/C20H28N4O/c1-15-7-2-3-8-16(15)19-22-18(23-25-19)13-24-12-5-4-9-17(24)20(14-21)10-6-11-20/h2-3,7-8,17H,4-6,9-14,21H2,1H3. The molecule has 2 aliphatic rings. The van der Waals surface area contributed by atoms with E-state index in [4.69, 9.17) is 10.3 Å². The molecule has 0 amide bonds. The molecule has 0 bridgehead atoms. The Kier molecular flexibility index (Phi) is 4.61. The molecule has 2 heterocycles. The van der Waals surface area contributed by atoms with E-state index in [0.29, 0.717) is 17.3 Å². The molecule has 5 nitrogen and oxygen atoms in total. The van der Waals surface area contributed by atoms with Gasteiger partial charge in [-0.25, -0.2) is 0 Å². The third-order valence-electron chi connectivity index (χ3n) is 6.26. The Hall–Kier alpha value is -1.72. The summed E-state index contributed by atoms with van der Waals surface area (Å²) in [4.78, 5) is 7.23. The van der Waals surface area contributed by atoms with Gasteiger partial charge in [-0.1, -0.05) is 36.2 Å². The molecule has 4 rings (SSSR count). The number of aryl methyl sites for hydroxylation is 1. The molecule has 134 valence electrons. The van der Waals surface area contributed by atoms with Crippen LogP contribution in [0.2, 0.25) is 0 Å². The van der Waals surface area contributed by atoms with E-state index < -0.39 is 0 Å². The predicted molar refractivity (Wildman–Crippen MR) is 97.9 cm³/mol. The first kappa shape index (κ1) is 16.7. The number of nitrogens with zero attached hydrogens (tertiary/aromatic N) is 3. The summed E-state index contributed by atoms with van der Waals surface area (Å²) in [5, 5.41) is 4.25. The van der Waals surface area contributed by atoms with Gasteiger partial charge in [-0.15, -0.1) is 0 Å². The quantitative estimate of drug-likeness (QED) is 0.902. The molecule has 2 aromatic rings. The zero-order valence-corrected chi connectivity index (χ0v) is 15.1. The Balaban J connectivity index is 1.52. The lowest BCUT2D eigenvalue weighted by atomic mass is 9.62. The van der Waals surface area contributed by atoms with Gasteiger partial charge in [0, 0.05) is 11.6 Å². The molecule has 0 spiro atoms. The maximum Gasteiger partial charge on any atom is 0.258 e. The van der Waals surface area contributed by atoms with Crippen LogP contribution < -0.4 is 5.73 Å². The van der Waals surface area contributed by atoms with Gasteiger partial charge in [-0.3, -0.25) is 4.90 Å². The van der Waals surface area contributed by atoms with Crippen molar-refractivity contribution < 1.29 is 4.52 Å². The van der Waals surface area contributed by atoms with Crippen LogP contribution in [-0.4, -0.2) is 34.2 Å². The molecule has 25 heavy (non-hydrogen) atoms. The summed E-state index contributed by atoms with van der Waals surface area (Å²) in [5.41, 5.74) is 8.68.